The summed E-state index contributed by atoms with van der Waals surface area (Å²) in [4.78, 5) is 11.8. The Morgan fingerprint density at radius 3 is 2.26 bits per heavy atom. The van der Waals surface area contributed by atoms with E-state index in [-0.39, 0.29) is 17.5 Å². The van der Waals surface area contributed by atoms with Crippen molar-refractivity contribution in [1.82, 2.24) is 0 Å². The van der Waals surface area contributed by atoms with E-state index in [0.29, 0.717) is 28.1 Å². The zero-order valence-electron chi connectivity index (χ0n) is 23.9. The predicted molar refractivity (Wildman–Crippen MR) is 144 cm³/mol. The van der Waals surface area contributed by atoms with Gasteiger partial charge in [-0.3, -0.25) is 4.79 Å². The molecule has 0 saturated heterocycles. The van der Waals surface area contributed by atoms with E-state index in [1.54, 1.807) is 6.92 Å². The smallest absolute Gasteiger partial charge is 0.302 e. The Morgan fingerprint density at radius 2 is 1.63 bits per heavy atom. The first-order chi connectivity index (χ1) is 16.1. The Labute approximate surface area is 215 Å². The number of aliphatic hydroxyl groups is 1. The molecule has 1 N–H and O–H groups in total. The summed E-state index contributed by atoms with van der Waals surface area (Å²) in [6.07, 6.45) is 14.9. The summed E-state index contributed by atoms with van der Waals surface area (Å²) < 4.78 is 5.87. The molecule has 0 aromatic heterocycles. The average molecular weight is 485 g/mol. The third-order valence-corrected chi connectivity index (χ3v) is 12.1. The van der Waals surface area contributed by atoms with Gasteiger partial charge in [-0.1, -0.05) is 58.9 Å². The van der Waals surface area contributed by atoms with E-state index in [4.69, 9.17) is 4.74 Å². The molecule has 0 aliphatic heterocycles. The van der Waals surface area contributed by atoms with Crippen LogP contribution < -0.4 is 0 Å². The molecule has 0 aromatic rings. The van der Waals surface area contributed by atoms with Crippen LogP contribution in [0.25, 0.3) is 0 Å². The number of carbonyl (C=O) groups is 1. The first kappa shape index (κ1) is 27.0. The van der Waals surface area contributed by atoms with Gasteiger partial charge >= 0.3 is 5.97 Å². The normalized spacial score (nSPS) is 44.9. The molecule has 4 saturated carbocycles. The predicted octanol–water partition coefficient (Wildman–Crippen LogP) is 7.88. The van der Waals surface area contributed by atoms with Gasteiger partial charge < -0.3 is 9.84 Å². The fraction of sp³-hybridized carbons (Fsp3) is 0.844. The summed E-state index contributed by atoms with van der Waals surface area (Å²) in [7, 11) is 0. The Bertz CT molecular complexity index is 878. The number of rotatable bonds is 5. The van der Waals surface area contributed by atoms with Crippen molar-refractivity contribution >= 4 is 5.97 Å². The van der Waals surface area contributed by atoms with Gasteiger partial charge in [-0.25, -0.2) is 0 Å². The summed E-state index contributed by atoms with van der Waals surface area (Å²) in [5.41, 5.74) is 1.65. The fourth-order valence-corrected chi connectivity index (χ4v) is 10.3. The molecule has 0 aromatic carbocycles. The van der Waals surface area contributed by atoms with Crippen LogP contribution in [0.1, 0.15) is 113 Å². The maximum atomic E-state index is 11.8. The summed E-state index contributed by atoms with van der Waals surface area (Å²) >= 11 is 0. The van der Waals surface area contributed by atoms with Crippen LogP contribution in [-0.4, -0.2) is 22.8 Å². The lowest BCUT2D eigenvalue weighted by Gasteiger charge is -2.70. The number of hydrogen-bond donors (Lipinski definition) is 1. The Morgan fingerprint density at radius 1 is 0.971 bits per heavy atom. The number of ether oxygens (including phenoxy) is 1. The molecule has 198 valence electrons. The average Bonchev–Trinajstić information content (AvgIpc) is 3.07. The van der Waals surface area contributed by atoms with Crippen molar-refractivity contribution in [3.05, 3.63) is 24.3 Å². The SMILES string of the molecule is C=C(C/C=C/C(C)(C)O)[C@H]1CC[C@]2(C)[C@@H]1CC[C@@H]1[C@@]3(C)CC[C@H](OC(C)=O)C(C)(C)[C@@H]3CC[C@]12C. The summed E-state index contributed by atoms with van der Waals surface area (Å²) in [6, 6.07) is 0. The molecule has 0 spiro atoms. The highest BCUT2D eigenvalue weighted by Crippen LogP contribution is 2.75. The highest BCUT2D eigenvalue weighted by Gasteiger charge is 2.68. The molecular formula is C32H52O3. The quantitative estimate of drug-likeness (QED) is 0.319. The molecule has 8 atom stereocenters. The summed E-state index contributed by atoms with van der Waals surface area (Å²) in [6.45, 7) is 22.4. The first-order valence-electron chi connectivity index (χ1n) is 14.3. The lowest BCUT2D eigenvalue weighted by Crippen LogP contribution is -2.64. The second-order valence-corrected chi connectivity index (χ2v) is 14.7. The largest absolute Gasteiger partial charge is 0.462 e. The van der Waals surface area contributed by atoms with Crippen molar-refractivity contribution in [3.63, 3.8) is 0 Å². The Hall–Kier alpha value is -1.09. The molecule has 3 heteroatoms. The molecule has 4 rings (SSSR count). The van der Waals surface area contributed by atoms with Crippen LogP contribution in [0.3, 0.4) is 0 Å². The van der Waals surface area contributed by atoms with E-state index in [2.05, 4.69) is 47.3 Å². The van der Waals surface area contributed by atoms with Crippen molar-refractivity contribution in [1.29, 1.82) is 0 Å². The van der Waals surface area contributed by atoms with Gasteiger partial charge in [-0.05, 0) is 112 Å². The van der Waals surface area contributed by atoms with E-state index in [0.717, 1.165) is 24.7 Å². The molecule has 4 fully saturated rings. The second kappa shape index (κ2) is 8.74. The number of esters is 1. The van der Waals surface area contributed by atoms with Crippen molar-refractivity contribution in [2.24, 2.45) is 45.3 Å². The standard InChI is InChI=1S/C32H52O3/c1-21(11-10-17-28(3,4)34)23-14-19-31(8)24(23)12-13-26-30(7)18-16-27(35-22(2)33)29(5,6)25(30)15-20-32(26,31)9/h10,17,23-27,34H,1,11-16,18-20H2,2-9H3/b17-10+/t23-,24-,25+,26-,27+,30+,31-,32-/m1/s1. The minimum atomic E-state index is -0.758. The van der Waals surface area contributed by atoms with Crippen LogP contribution in [0.5, 0.6) is 0 Å². The zero-order chi connectivity index (χ0) is 26.0. The lowest BCUT2D eigenvalue weighted by molar-refractivity contribution is -0.226. The van der Waals surface area contributed by atoms with Gasteiger partial charge in [0.2, 0.25) is 0 Å². The number of carbonyl (C=O) groups excluding carboxylic acids is 1. The number of hydrogen-bond acceptors (Lipinski definition) is 3. The molecular weight excluding hydrogens is 432 g/mol. The van der Waals surface area contributed by atoms with E-state index in [1.165, 1.54) is 50.5 Å². The van der Waals surface area contributed by atoms with Crippen molar-refractivity contribution < 1.29 is 14.6 Å². The second-order valence-electron chi connectivity index (χ2n) is 14.7. The topological polar surface area (TPSA) is 46.5 Å². The Kier molecular flexibility index (Phi) is 6.73. The molecule has 0 amide bonds. The van der Waals surface area contributed by atoms with Gasteiger partial charge in [0.15, 0.2) is 0 Å². The lowest BCUT2D eigenvalue weighted by atomic mass is 9.35. The van der Waals surface area contributed by atoms with Crippen LogP contribution in [0.4, 0.5) is 0 Å². The minimum absolute atomic E-state index is 0.0249. The van der Waals surface area contributed by atoms with Crippen LogP contribution in [0.2, 0.25) is 0 Å². The molecule has 0 radical (unpaired) electrons. The molecule has 4 aliphatic rings. The summed E-state index contributed by atoms with van der Waals surface area (Å²) in [5.74, 6) is 2.53. The van der Waals surface area contributed by atoms with Crippen molar-refractivity contribution in [2.45, 2.75) is 125 Å². The molecule has 0 unspecified atom stereocenters. The molecule has 35 heavy (non-hydrogen) atoms. The minimum Gasteiger partial charge on any atom is -0.462 e. The molecule has 0 bridgehead atoms. The zero-order valence-corrected chi connectivity index (χ0v) is 23.9. The van der Waals surface area contributed by atoms with Crippen molar-refractivity contribution in [3.8, 4) is 0 Å². The monoisotopic (exact) mass is 484 g/mol. The number of allylic oxidation sites excluding steroid dienone is 2. The molecule has 0 heterocycles. The molecule has 4 aliphatic carbocycles. The van der Waals surface area contributed by atoms with E-state index < -0.39 is 5.60 Å². The van der Waals surface area contributed by atoms with E-state index in [1.807, 2.05) is 19.9 Å². The highest BCUT2D eigenvalue weighted by molar-refractivity contribution is 5.66. The van der Waals surface area contributed by atoms with Crippen molar-refractivity contribution in [2.75, 3.05) is 0 Å². The van der Waals surface area contributed by atoms with E-state index >= 15 is 0 Å². The third kappa shape index (κ3) is 4.26. The van der Waals surface area contributed by atoms with Crippen LogP contribution >= 0.6 is 0 Å². The van der Waals surface area contributed by atoms with Crippen LogP contribution in [0.15, 0.2) is 24.3 Å². The van der Waals surface area contributed by atoms with E-state index in [9.17, 15) is 9.90 Å². The number of fused-ring (bicyclic) bond motifs is 5. The maximum absolute atomic E-state index is 11.8. The van der Waals surface area contributed by atoms with Gasteiger partial charge in [0.25, 0.3) is 0 Å². The van der Waals surface area contributed by atoms with Gasteiger partial charge in [0.05, 0.1) is 5.60 Å². The van der Waals surface area contributed by atoms with Crippen LogP contribution in [0, 0.1) is 45.3 Å². The Balaban J connectivity index is 1.57. The highest BCUT2D eigenvalue weighted by atomic mass is 16.5. The fourth-order valence-electron chi connectivity index (χ4n) is 10.3. The third-order valence-electron chi connectivity index (χ3n) is 12.1. The molecule has 3 nitrogen and oxygen atoms in total. The van der Waals surface area contributed by atoms with Gasteiger partial charge in [0.1, 0.15) is 6.10 Å². The summed E-state index contributed by atoms with van der Waals surface area (Å²) in [5, 5.41) is 10.1. The van der Waals surface area contributed by atoms with Gasteiger partial charge in [0, 0.05) is 12.3 Å². The first-order valence-corrected chi connectivity index (χ1v) is 14.3. The van der Waals surface area contributed by atoms with Crippen LogP contribution in [-0.2, 0) is 9.53 Å². The maximum Gasteiger partial charge on any atom is 0.302 e. The van der Waals surface area contributed by atoms with Gasteiger partial charge in [-0.15, -0.1) is 0 Å². The van der Waals surface area contributed by atoms with Gasteiger partial charge in [-0.2, -0.15) is 0 Å².